The number of benzene rings is 1. The number of rotatable bonds is 11. The average Bonchev–Trinajstić information content (AvgIpc) is 2.73. The Bertz CT molecular complexity index is 460. The van der Waals surface area contributed by atoms with Crippen LogP contribution in [0, 0.1) is 27.4 Å². The van der Waals surface area contributed by atoms with Crippen molar-refractivity contribution in [1.82, 2.24) is 0 Å². The first kappa shape index (κ1) is 37.1. The van der Waals surface area contributed by atoms with Gasteiger partial charge in [-0.05, 0) is 12.0 Å². The third-order valence-corrected chi connectivity index (χ3v) is 3.10. The summed E-state index contributed by atoms with van der Waals surface area (Å²) < 4.78 is 38.5. The van der Waals surface area contributed by atoms with E-state index in [1.54, 1.807) is 7.11 Å². The molecule has 0 aliphatic heterocycles. The molecule has 0 spiro atoms. The van der Waals surface area contributed by atoms with Crippen LogP contribution in [-0.2, 0) is 56.6 Å². The second-order valence-electron chi connectivity index (χ2n) is 4.71. The number of carbonyl (C=O) groups excluding carboxylic acids is 1. The van der Waals surface area contributed by atoms with Crippen LogP contribution in [0.15, 0.2) is 30.3 Å². The molecule has 0 unspecified atom stereocenters. The zero-order valence-corrected chi connectivity index (χ0v) is 17.4. The summed E-state index contributed by atoms with van der Waals surface area (Å²) in [5.74, 6) is 0. The maximum atomic E-state index is 10.3. The SMILES string of the molecule is CCC[C@@H](C[C@@H](COCc1ccccc1)OC)O[C-]=O.[C-]#[O+].[C-]#[O+].[C-]#[O+].[CH3-].[Fe+2]. The molecule has 0 N–H and O–H groups in total. The van der Waals surface area contributed by atoms with Gasteiger partial charge in [-0.1, -0.05) is 50.1 Å². The van der Waals surface area contributed by atoms with Gasteiger partial charge in [0.05, 0.1) is 25.4 Å². The topological polar surface area (TPSA) is 104 Å². The molecule has 8 heteroatoms. The van der Waals surface area contributed by atoms with Gasteiger partial charge in [-0.3, -0.25) is 0 Å². The van der Waals surface area contributed by atoms with Crippen molar-refractivity contribution in [3.8, 4) is 0 Å². The Morgan fingerprint density at radius 3 is 2.00 bits per heavy atom. The van der Waals surface area contributed by atoms with Crippen molar-refractivity contribution in [3.05, 3.63) is 63.3 Å². The summed E-state index contributed by atoms with van der Waals surface area (Å²) in [7, 11) is 1.64. The van der Waals surface area contributed by atoms with E-state index in [4.69, 9.17) is 28.2 Å². The third kappa shape index (κ3) is 22.4. The molecule has 0 saturated heterocycles. The standard InChI is InChI=1S/C16H23O4.3CO.CH3.Fe/c1-3-7-15(20-13-17)10-16(18-2)12-19-11-14-8-5-4-6-9-14;3*1-2;;/h4-6,8-9,15-16H,3,7,10-12H2,1-2H3;;;;1H3;/q-1;;;;-1;+2/t15-,16-;;;;;/m0...../s1. The van der Waals surface area contributed by atoms with Crippen molar-refractivity contribution in [1.29, 1.82) is 0 Å². The Balaban J connectivity index is -0.000000201. The fourth-order valence-electron chi connectivity index (χ4n) is 2.02. The fourth-order valence-corrected chi connectivity index (χ4v) is 2.02. The van der Waals surface area contributed by atoms with Gasteiger partial charge in [-0.15, -0.1) is 0 Å². The molecule has 0 fully saturated rings. The maximum absolute atomic E-state index is 10.3. The van der Waals surface area contributed by atoms with Crippen molar-refractivity contribution in [2.24, 2.45) is 0 Å². The summed E-state index contributed by atoms with van der Waals surface area (Å²) >= 11 is 0. The van der Waals surface area contributed by atoms with Gasteiger partial charge in [0.15, 0.2) is 0 Å². The van der Waals surface area contributed by atoms with E-state index in [-0.39, 0.29) is 36.7 Å². The average molecular weight is 434 g/mol. The van der Waals surface area contributed by atoms with E-state index in [0.29, 0.717) is 19.6 Å². The molecule has 7 nitrogen and oxygen atoms in total. The maximum Gasteiger partial charge on any atom is 2.00 e. The Hall–Kier alpha value is -1.65. The van der Waals surface area contributed by atoms with Gasteiger partial charge < -0.3 is 26.4 Å². The zero-order chi connectivity index (χ0) is 20.6. The van der Waals surface area contributed by atoms with Crippen LogP contribution in [0.5, 0.6) is 0 Å². The first-order valence-electron chi connectivity index (χ1n) is 7.58. The molecule has 28 heavy (non-hydrogen) atoms. The van der Waals surface area contributed by atoms with Crippen LogP contribution in [-0.4, -0.2) is 32.4 Å². The summed E-state index contributed by atoms with van der Waals surface area (Å²) in [5, 5.41) is 0. The summed E-state index contributed by atoms with van der Waals surface area (Å²) in [5.41, 5.74) is 1.13. The molecule has 0 aliphatic carbocycles. The Kier molecular flexibility index (Phi) is 43.7. The number of hydrogen-bond donors (Lipinski definition) is 0. The van der Waals surface area contributed by atoms with Gasteiger partial charge in [-0.2, -0.15) is 0 Å². The minimum Gasteiger partial charge on any atom is -0.358 e. The molecule has 0 aromatic heterocycles. The van der Waals surface area contributed by atoms with E-state index in [1.807, 2.05) is 30.3 Å². The number of methoxy groups -OCH3 is 1. The molecule has 0 radical (unpaired) electrons. The molecule has 1 aromatic rings. The molecule has 0 amide bonds. The van der Waals surface area contributed by atoms with Gasteiger partial charge in [0.2, 0.25) is 0 Å². The van der Waals surface area contributed by atoms with Gasteiger partial charge >= 0.3 is 51.0 Å². The Morgan fingerprint density at radius 1 is 1.04 bits per heavy atom. The van der Waals surface area contributed by atoms with Gasteiger partial charge in [0.25, 0.3) is 0 Å². The first-order chi connectivity index (χ1) is 12.8. The van der Waals surface area contributed by atoms with Crippen LogP contribution in [0.3, 0.4) is 0 Å². The number of ether oxygens (including phenoxy) is 3. The molecular weight excluding hydrogens is 408 g/mol. The Morgan fingerprint density at radius 2 is 1.57 bits per heavy atom. The van der Waals surface area contributed by atoms with Crippen molar-refractivity contribution < 1.29 is 50.0 Å². The molecule has 1 aromatic carbocycles. The molecular formula is C20H26FeO7. The summed E-state index contributed by atoms with van der Waals surface area (Å²) in [6.07, 6.45) is 2.17. The smallest absolute Gasteiger partial charge is 0.358 e. The predicted octanol–water partition coefficient (Wildman–Crippen LogP) is 3.20. The van der Waals surface area contributed by atoms with Crippen molar-refractivity contribution in [2.45, 2.75) is 45.0 Å². The van der Waals surface area contributed by atoms with E-state index in [0.717, 1.165) is 18.4 Å². The van der Waals surface area contributed by atoms with E-state index in [9.17, 15) is 4.79 Å². The van der Waals surface area contributed by atoms with Crippen molar-refractivity contribution in [3.63, 3.8) is 0 Å². The molecule has 0 aliphatic rings. The van der Waals surface area contributed by atoms with Crippen LogP contribution in [0.4, 0.5) is 0 Å². The number of hydrogen-bond acceptors (Lipinski definition) is 4. The summed E-state index contributed by atoms with van der Waals surface area (Å²) in [6.45, 7) is 18.1. The predicted molar refractivity (Wildman–Crippen MR) is 95.2 cm³/mol. The molecule has 0 bridgehead atoms. The van der Waals surface area contributed by atoms with Crippen molar-refractivity contribution in [2.75, 3.05) is 13.7 Å². The van der Waals surface area contributed by atoms with E-state index in [1.165, 1.54) is 6.47 Å². The van der Waals surface area contributed by atoms with Gasteiger partial charge in [-0.25, -0.2) is 0 Å². The van der Waals surface area contributed by atoms with Gasteiger partial charge in [0.1, 0.15) is 0 Å². The molecule has 156 valence electrons. The second-order valence-corrected chi connectivity index (χ2v) is 4.71. The molecule has 2 atom stereocenters. The van der Waals surface area contributed by atoms with Crippen molar-refractivity contribution >= 4 is 6.47 Å². The summed E-state index contributed by atoms with van der Waals surface area (Å²) in [4.78, 5) is 10.3. The monoisotopic (exact) mass is 434 g/mol. The quantitative estimate of drug-likeness (QED) is 0.303. The normalized spacial score (nSPS) is 10.0. The van der Waals surface area contributed by atoms with E-state index >= 15 is 0 Å². The minimum atomic E-state index is -0.150. The van der Waals surface area contributed by atoms with Crippen LogP contribution in [0.1, 0.15) is 31.7 Å². The Labute approximate surface area is 178 Å². The second kappa shape index (κ2) is 33.0. The van der Waals surface area contributed by atoms with Crippen LogP contribution < -0.4 is 0 Å². The van der Waals surface area contributed by atoms with Crippen LogP contribution >= 0.6 is 0 Å². The van der Waals surface area contributed by atoms with Crippen LogP contribution in [0.2, 0.25) is 0 Å². The molecule has 0 saturated carbocycles. The fraction of sp³-hybridized carbons (Fsp3) is 0.450. The molecule has 1 rings (SSSR count). The molecule has 0 heterocycles. The van der Waals surface area contributed by atoms with Crippen LogP contribution in [0.25, 0.3) is 0 Å². The zero-order valence-electron chi connectivity index (χ0n) is 16.3. The minimum absolute atomic E-state index is 0. The van der Waals surface area contributed by atoms with Gasteiger partial charge in [0, 0.05) is 13.5 Å². The largest absolute Gasteiger partial charge is 2.00 e. The first-order valence-corrected chi connectivity index (χ1v) is 7.58. The van der Waals surface area contributed by atoms with E-state index in [2.05, 4.69) is 26.9 Å². The summed E-state index contributed by atoms with van der Waals surface area (Å²) in [6, 6.07) is 9.98. The third-order valence-electron chi connectivity index (χ3n) is 3.10. The van der Waals surface area contributed by atoms with E-state index < -0.39 is 0 Å².